The first-order valence-corrected chi connectivity index (χ1v) is 6.69. The first-order valence-electron chi connectivity index (χ1n) is 6.69. The number of pyridine rings is 1. The molecular formula is C16H13N5O. The highest BCUT2D eigenvalue weighted by Gasteiger charge is 2.32. The van der Waals surface area contributed by atoms with E-state index < -0.39 is 5.92 Å². The van der Waals surface area contributed by atoms with Gasteiger partial charge in [0.05, 0.1) is 34.6 Å². The summed E-state index contributed by atoms with van der Waals surface area (Å²) in [6.07, 6.45) is 1.56. The quantitative estimate of drug-likeness (QED) is 0.835. The molecule has 0 aliphatic carbocycles. The average Bonchev–Trinajstić information content (AvgIpc) is 2.92. The largest absolute Gasteiger partial charge is 0.460 e. The zero-order valence-electron chi connectivity index (χ0n) is 12.1. The summed E-state index contributed by atoms with van der Waals surface area (Å²) in [7, 11) is 0. The number of nitrogens with zero attached hydrogens (tertiary/aromatic N) is 3. The molecule has 3 N–H and O–H groups in total. The van der Waals surface area contributed by atoms with Crippen LogP contribution in [0.5, 0.6) is 0 Å². The van der Waals surface area contributed by atoms with Crippen LogP contribution in [0.15, 0.2) is 45.3 Å². The lowest BCUT2D eigenvalue weighted by atomic mass is 9.85. The Balaban J connectivity index is 2.25. The number of hydrogen-bond acceptors (Lipinski definition) is 6. The highest BCUT2D eigenvalue weighted by Crippen LogP contribution is 2.39. The molecule has 0 atom stereocenters. The second kappa shape index (κ2) is 4.94. The average molecular weight is 291 g/mol. The molecular weight excluding hydrogens is 278 g/mol. The molecule has 0 amide bonds. The molecule has 2 aromatic rings. The van der Waals surface area contributed by atoms with Gasteiger partial charge in [0.25, 0.3) is 0 Å². The molecule has 0 aromatic carbocycles. The van der Waals surface area contributed by atoms with Crippen molar-refractivity contribution in [1.29, 1.82) is 10.5 Å². The molecule has 0 fully saturated rings. The van der Waals surface area contributed by atoms with Gasteiger partial charge in [0, 0.05) is 17.6 Å². The van der Waals surface area contributed by atoms with Gasteiger partial charge in [-0.2, -0.15) is 10.5 Å². The van der Waals surface area contributed by atoms with E-state index in [0.29, 0.717) is 33.7 Å². The van der Waals surface area contributed by atoms with Gasteiger partial charge in [0.1, 0.15) is 17.2 Å². The van der Waals surface area contributed by atoms with Gasteiger partial charge in [-0.15, -0.1) is 0 Å². The van der Waals surface area contributed by atoms with Crippen molar-refractivity contribution >= 4 is 16.8 Å². The van der Waals surface area contributed by atoms with Crippen LogP contribution in [0.4, 0.5) is 5.82 Å². The van der Waals surface area contributed by atoms with Crippen molar-refractivity contribution in [1.82, 2.24) is 10.3 Å². The van der Waals surface area contributed by atoms with E-state index in [1.165, 1.54) is 0 Å². The fourth-order valence-corrected chi connectivity index (χ4v) is 2.72. The predicted octanol–water partition coefficient (Wildman–Crippen LogP) is 2.69. The Morgan fingerprint density at radius 3 is 2.41 bits per heavy atom. The maximum absolute atomic E-state index is 9.46. The third-order valence-corrected chi connectivity index (χ3v) is 3.78. The van der Waals surface area contributed by atoms with Crippen molar-refractivity contribution in [2.45, 2.75) is 19.8 Å². The number of nitrogens with two attached hydrogens (primary N) is 1. The maximum atomic E-state index is 9.46. The number of furan rings is 1. The number of dihydropyridines is 1. The van der Waals surface area contributed by atoms with Crippen molar-refractivity contribution < 1.29 is 4.42 Å². The van der Waals surface area contributed by atoms with E-state index >= 15 is 0 Å². The molecule has 0 bridgehead atoms. The Morgan fingerprint density at radius 2 is 1.86 bits per heavy atom. The van der Waals surface area contributed by atoms with Gasteiger partial charge in [0.15, 0.2) is 0 Å². The molecule has 6 nitrogen and oxygen atoms in total. The zero-order chi connectivity index (χ0) is 15.9. The van der Waals surface area contributed by atoms with Crippen LogP contribution in [0.2, 0.25) is 0 Å². The summed E-state index contributed by atoms with van der Waals surface area (Å²) >= 11 is 0. The molecule has 6 heteroatoms. The van der Waals surface area contributed by atoms with Crippen LogP contribution in [0.1, 0.15) is 25.5 Å². The van der Waals surface area contributed by atoms with Gasteiger partial charge >= 0.3 is 0 Å². The number of rotatable bonds is 1. The minimum Gasteiger partial charge on any atom is -0.460 e. The van der Waals surface area contributed by atoms with Crippen molar-refractivity contribution in [2.75, 3.05) is 5.73 Å². The summed E-state index contributed by atoms with van der Waals surface area (Å²) in [5, 5.41) is 22.7. The minimum absolute atomic E-state index is 0.361. The van der Waals surface area contributed by atoms with E-state index in [4.69, 9.17) is 10.2 Å². The van der Waals surface area contributed by atoms with Gasteiger partial charge in [-0.25, -0.2) is 4.98 Å². The number of aromatic nitrogens is 1. The highest BCUT2D eigenvalue weighted by molar-refractivity contribution is 5.87. The Kier molecular flexibility index (Phi) is 3.08. The summed E-state index contributed by atoms with van der Waals surface area (Å²) in [6.45, 7) is 3.61. The molecule has 3 heterocycles. The molecule has 3 rings (SSSR count). The van der Waals surface area contributed by atoms with Crippen LogP contribution in [-0.4, -0.2) is 4.98 Å². The molecule has 0 saturated carbocycles. The minimum atomic E-state index is -0.525. The van der Waals surface area contributed by atoms with E-state index in [0.717, 1.165) is 11.4 Å². The standard InChI is InChI=1S/C16H13N5O/c1-8-11(6-17)15(12(7-18)9(2)21-8)14-5-10-13(22-14)3-4-20-16(10)19/h3-5,15,21H,1-2H3,(H2,19,20). The lowest BCUT2D eigenvalue weighted by Crippen LogP contribution is -2.23. The lowest BCUT2D eigenvalue weighted by Gasteiger charge is -2.24. The Bertz CT molecular complexity index is 884. The smallest absolute Gasteiger partial charge is 0.139 e. The Labute approximate surface area is 127 Å². The van der Waals surface area contributed by atoms with E-state index in [1.807, 2.05) is 13.8 Å². The van der Waals surface area contributed by atoms with Crippen molar-refractivity contribution in [2.24, 2.45) is 0 Å². The first-order chi connectivity index (χ1) is 10.6. The van der Waals surface area contributed by atoms with Crippen LogP contribution < -0.4 is 11.1 Å². The molecule has 22 heavy (non-hydrogen) atoms. The molecule has 108 valence electrons. The summed E-state index contributed by atoms with van der Waals surface area (Å²) in [5.74, 6) is 0.353. The van der Waals surface area contributed by atoms with E-state index in [9.17, 15) is 10.5 Å². The van der Waals surface area contributed by atoms with Crippen LogP contribution in [-0.2, 0) is 0 Å². The first kappa shape index (κ1) is 13.7. The van der Waals surface area contributed by atoms with Crippen LogP contribution in [0, 0.1) is 22.7 Å². The van der Waals surface area contributed by atoms with Gasteiger partial charge in [-0.1, -0.05) is 0 Å². The molecule has 2 aromatic heterocycles. The van der Waals surface area contributed by atoms with Crippen molar-refractivity contribution in [3.05, 3.63) is 46.6 Å². The third-order valence-electron chi connectivity index (χ3n) is 3.78. The fourth-order valence-electron chi connectivity index (χ4n) is 2.72. The lowest BCUT2D eigenvalue weighted by molar-refractivity contribution is 0.535. The summed E-state index contributed by atoms with van der Waals surface area (Å²) in [5.41, 5.74) is 8.81. The number of anilines is 1. The second-order valence-electron chi connectivity index (χ2n) is 5.12. The van der Waals surface area contributed by atoms with Crippen molar-refractivity contribution in [3.8, 4) is 12.1 Å². The summed E-state index contributed by atoms with van der Waals surface area (Å²) in [6, 6.07) is 7.80. The monoisotopic (exact) mass is 291 g/mol. The van der Waals surface area contributed by atoms with Crippen LogP contribution in [0.3, 0.4) is 0 Å². The molecule has 1 aliphatic rings. The number of nitrogens with one attached hydrogen (secondary N) is 1. The second-order valence-corrected chi connectivity index (χ2v) is 5.12. The molecule has 1 aliphatic heterocycles. The summed E-state index contributed by atoms with van der Waals surface area (Å²) < 4.78 is 5.83. The van der Waals surface area contributed by atoms with Crippen LogP contribution >= 0.6 is 0 Å². The third kappa shape index (κ3) is 1.90. The number of nitrogen functional groups attached to an aromatic ring is 1. The van der Waals surface area contributed by atoms with E-state index in [1.54, 1.807) is 18.3 Å². The molecule has 0 radical (unpaired) electrons. The maximum Gasteiger partial charge on any atom is 0.139 e. The zero-order valence-corrected chi connectivity index (χ0v) is 12.1. The highest BCUT2D eigenvalue weighted by atomic mass is 16.3. The molecule has 0 saturated heterocycles. The van der Waals surface area contributed by atoms with E-state index in [2.05, 4.69) is 22.4 Å². The number of allylic oxidation sites excluding steroid dienone is 4. The molecule has 0 spiro atoms. The summed E-state index contributed by atoms with van der Waals surface area (Å²) in [4.78, 5) is 4.03. The van der Waals surface area contributed by atoms with Crippen LogP contribution in [0.25, 0.3) is 11.0 Å². The van der Waals surface area contributed by atoms with Gasteiger partial charge < -0.3 is 15.5 Å². The van der Waals surface area contributed by atoms with E-state index in [-0.39, 0.29) is 0 Å². The predicted molar refractivity (Wildman–Crippen MR) is 80.9 cm³/mol. The topological polar surface area (TPSA) is 112 Å². The van der Waals surface area contributed by atoms with Gasteiger partial charge in [-0.3, -0.25) is 0 Å². The fraction of sp³-hybridized carbons (Fsp3) is 0.188. The number of nitriles is 2. The van der Waals surface area contributed by atoms with Gasteiger partial charge in [-0.05, 0) is 26.0 Å². The van der Waals surface area contributed by atoms with Crippen molar-refractivity contribution in [3.63, 3.8) is 0 Å². The normalized spacial score (nSPS) is 15.6. The number of fused-ring (bicyclic) bond motifs is 1. The molecule has 0 unspecified atom stereocenters. The Hall–Kier alpha value is -3.25. The number of hydrogen-bond donors (Lipinski definition) is 2. The Morgan fingerprint density at radius 1 is 1.23 bits per heavy atom. The SMILES string of the molecule is CC1=C(C#N)C(c2cc3c(N)nccc3o2)C(C#N)=C(C)N1. The van der Waals surface area contributed by atoms with Gasteiger partial charge in [0.2, 0.25) is 0 Å².